The first-order valence-corrected chi connectivity index (χ1v) is 6.74. The van der Waals surface area contributed by atoms with Crippen LogP contribution in [0.25, 0.3) is 0 Å². The lowest BCUT2D eigenvalue weighted by molar-refractivity contribution is -0.170. The highest BCUT2D eigenvalue weighted by atomic mass is 32.1. The number of carbonyl (C=O) groups excluding carboxylic acids is 1. The minimum absolute atomic E-state index is 0.292. The Kier molecular flexibility index (Phi) is 6.39. The maximum Gasteiger partial charge on any atom is 0.132 e. The summed E-state index contributed by atoms with van der Waals surface area (Å²) >= 11 is 4.21. The Morgan fingerprint density at radius 3 is 2.44 bits per heavy atom. The third-order valence-electron chi connectivity index (χ3n) is 3.45. The first-order valence-electron chi connectivity index (χ1n) is 6.11. The van der Waals surface area contributed by atoms with Gasteiger partial charge in [-0.1, -0.05) is 0 Å². The van der Waals surface area contributed by atoms with Crippen LogP contribution >= 0.6 is 12.6 Å². The second-order valence-electron chi connectivity index (χ2n) is 4.52. The molecule has 0 saturated heterocycles. The maximum absolute atomic E-state index is 11.3. The van der Waals surface area contributed by atoms with Crippen molar-refractivity contribution in [2.24, 2.45) is 5.92 Å². The highest BCUT2D eigenvalue weighted by molar-refractivity contribution is 7.80. The normalized spacial score (nSPS) is 26.0. The molecule has 94 valence electrons. The molecule has 0 aromatic rings. The van der Waals surface area contributed by atoms with Crippen molar-refractivity contribution in [1.82, 2.24) is 5.06 Å². The molecule has 1 rings (SSSR count). The van der Waals surface area contributed by atoms with Gasteiger partial charge < -0.3 is 4.84 Å². The molecule has 0 aromatic heterocycles. The molecule has 0 radical (unpaired) electrons. The van der Waals surface area contributed by atoms with Gasteiger partial charge in [-0.2, -0.15) is 17.7 Å². The van der Waals surface area contributed by atoms with Gasteiger partial charge in [0.1, 0.15) is 5.78 Å². The molecule has 0 spiro atoms. The minimum atomic E-state index is 0.292. The van der Waals surface area contributed by atoms with Gasteiger partial charge in [0.25, 0.3) is 0 Å². The van der Waals surface area contributed by atoms with Gasteiger partial charge >= 0.3 is 0 Å². The molecule has 0 bridgehead atoms. The monoisotopic (exact) mass is 245 g/mol. The zero-order valence-electron chi connectivity index (χ0n) is 10.3. The predicted molar refractivity (Wildman–Crippen MR) is 68.6 cm³/mol. The lowest BCUT2D eigenvalue weighted by Crippen LogP contribution is -2.39. The number of thiol groups is 1. The molecule has 0 N–H and O–H groups in total. The average molecular weight is 245 g/mol. The van der Waals surface area contributed by atoms with Gasteiger partial charge in [0.15, 0.2) is 0 Å². The van der Waals surface area contributed by atoms with Gasteiger partial charge in [-0.25, -0.2) is 0 Å². The average Bonchev–Trinajstić information content (AvgIpc) is 2.30. The summed E-state index contributed by atoms with van der Waals surface area (Å²) in [5.74, 6) is 1.53. The van der Waals surface area contributed by atoms with Crippen LogP contribution in [-0.2, 0) is 9.63 Å². The van der Waals surface area contributed by atoms with E-state index in [-0.39, 0.29) is 0 Å². The molecule has 16 heavy (non-hydrogen) atoms. The van der Waals surface area contributed by atoms with E-state index in [0.717, 1.165) is 44.4 Å². The van der Waals surface area contributed by atoms with Crippen LogP contribution in [0.5, 0.6) is 0 Å². The van der Waals surface area contributed by atoms with E-state index < -0.39 is 0 Å². The maximum atomic E-state index is 11.3. The van der Waals surface area contributed by atoms with Gasteiger partial charge in [0.2, 0.25) is 0 Å². The Hall–Kier alpha value is -0.0600. The van der Waals surface area contributed by atoms with Crippen LogP contribution in [0.4, 0.5) is 0 Å². The molecule has 3 nitrogen and oxygen atoms in total. The second kappa shape index (κ2) is 7.30. The van der Waals surface area contributed by atoms with Crippen LogP contribution in [0, 0.1) is 5.92 Å². The Morgan fingerprint density at radius 2 is 2.00 bits per heavy atom. The molecule has 4 heteroatoms. The lowest BCUT2D eigenvalue weighted by atomic mass is 9.84. The highest BCUT2D eigenvalue weighted by Gasteiger charge is 2.27. The third-order valence-corrected chi connectivity index (χ3v) is 3.77. The van der Waals surface area contributed by atoms with E-state index in [0.29, 0.717) is 17.7 Å². The summed E-state index contributed by atoms with van der Waals surface area (Å²) in [7, 11) is 1.73. The number of Topliss-reactive ketones (excluding diaryl/α,β-unsaturated/α-hetero) is 1. The second-order valence-corrected chi connectivity index (χ2v) is 4.96. The van der Waals surface area contributed by atoms with Gasteiger partial charge in [0.05, 0.1) is 7.11 Å². The molecule has 1 fully saturated rings. The number of hydrogen-bond acceptors (Lipinski definition) is 4. The molecule has 0 heterocycles. The molecule has 0 aliphatic heterocycles. The lowest BCUT2D eigenvalue weighted by Gasteiger charge is -2.34. The van der Waals surface area contributed by atoms with Crippen LogP contribution in [0.15, 0.2) is 0 Å². The van der Waals surface area contributed by atoms with Crippen molar-refractivity contribution < 1.29 is 9.63 Å². The van der Waals surface area contributed by atoms with Gasteiger partial charge in [-0.05, 0) is 44.8 Å². The first kappa shape index (κ1) is 14.0. The van der Waals surface area contributed by atoms with Gasteiger partial charge in [0, 0.05) is 18.5 Å². The molecule has 0 amide bonds. The minimum Gasteiger partial charge on any atom is -0.302 e. The fourth-order valence-electron chi connectivity index (χ4n) is 2.42. The summed E-state index contributed by atoms with van der Waals surface area (Å²) in [5, 5.41) is 2.06. The summed E-state index contributed by atoms with van der Waals surface area (Å²) < 4.78 is 0. The number of rotatable bonds is 6. The van der Waals surface area contributed by atoms with Crippen LogP contribution in [0.1, 0.15) is 39.0 Å². The van der Waals surface area contributed by atoms with E-state index in [9.17, 15) is 4.79 Å². The fraction of sp³-hybridized carbons (Fsp3) is 0.917. The van der Waals surface area contributed by atoms with E-state index in [1.807, 2.05) is 0 Å². The Morgan fingerprint density at radius 1 is 1.38 bits per heavy atom. The number of hydroxylamine groups is 2. The molecule has 0 unspecified atom stereocenters. The summed E-state index contributed by atoms with van der Waals surface area (Å²) in [4.78, 5) is 16.7. The van der Waals surface area contributed by atoms with E-state index in [1.54, 1.807) is 14.0 Å². The van der Waals surface area contributed by atoms with Crippen molar-refractivity contribution in [3.63, 3.8) is 0 Å². The zero-order chi connectivity index (χ0) is 12.0. The van der Waals surface area contributed by atoms with Gasteiger partial charge in [-0.15, -0.1) is 0 Å². The van der Waals surface area contributed by atoms with E-state index >= 15 is 0 Å². The van der Waals surface area contributed by atoms with E-state index in [2.05, 4.69) is 17.7 Å². The van der Waals surface area contributed by atoms with Crippen LogP contribution in [0.3, 0.4) is 0 Å². The Bertz CT molecular complexity index is 215. The smallest absolute Gasteiger partial charge is 0.132 e. The predicted octanol–water partition coefficient (Wildman–Crippen LogP) is 2.32. The summed E-state index contributed by atoms with van der Waals surface area (Å²) in [6, 6.07) is 0.487. The topological polar surface area (TPSA) is 29.5 Å². The molecule has 1 aliphatic carbocycles. The van der Waals surface area contributed by atoms with Crippen LogP contribution < -0.4 is 0 Å². The van der Waals surface area contributed by atoms with Crippen LogP contribution in [-0.4, -0.2) is 36.3 Å². The van der Waals surface area contributed by atoms with Crippen molar-refractivity contribution >= 4 is 18.4 Å². The van der Waals surface area contributed by atoms with Crippen molar-refractivity contribution in [1.29, 1.82) is 0 Å². The van der Waals surface area contributed by atoms with Crippen molar-refractivity contribution in [2.45, 2.75) is 45.1 Å². The van der Waals surface area contributed by atoms with Crippen LogP contribution in [0.2, 0.25) is 0 Å². The van der Waals surface area contributed by atoms with E-state index in [1.165, 1.54) is 0 Å². The highest BCUT2D eigenvalue weighted by Crippen LogP contribution is 2.28. The number of ketones is 1. The Labute approximate surface area is 104 Å². The standard InChI is InChI=1S/C12H23NO2S/c1-10(14)11-4-6-12(7-5-11)13(15-2)8-3-9-16/h11-12,16H,3-9H2,1-2H3. The van der Waals surface area contributed by atoms with Crippen molar-refractivity contribution in [3.05, 3.63) is 0 Å². The number of carbonyl (C=O) groups is 1. The number of hydrogen-bond donors (Lipinski definition) is 1. The first-order chi connectivity index (χ1) is 7.69. The number of nitrogens with zero attached hydrogens (tertiary/aromatic N) is 1. The molecule has 0 aromatic carbocycles. The zero-order valence-corrected chi connectivity index (χ0v) is 11.2. The largest absolute Gasteiger partial charge is 0.302 e. The summed E-state index contributed by atoms with van der Waals surface area (Å²) in [5.41, 5.74) is 0. The van der Waals surface area contributed by atoms with Crippen molar-refractivity contribution in [3.8, 4) is 0 Å². The molecule has 0 atom stereocenters. The fourth-order valence-corrected chi connectivity index (χ4v) is 2.56. The quantitative estimate of drug-likeness (QED) is 0.575. The SMILES string of the molecule is CON(CCCS)C1CCC(C(C)=O)CC1. The summed E-state index contributed by atoms with van der Waals surface area (Å²) in [6.45, 7) is 2.65. The van der Waals surface area contributed by atoms with Crippen molar-refractivity contribution in [2.75, 3.05) is 19.4 Å². The Balaban J connectivity index is 2.35. The van der Waals surface area contributed by atoms with Gasteiger partial charge in [-0.3, -0.25) is 4.79 Å². The summed E-state index contributed by atoms with van der Waals surface area (Å²) in [6.07, 6.45) is 5.22. The molecule has 1 saturated carbocycles. The molecule has 1 aliphatic rings. The van der Waals surface area contributed by atoms with E-state index in [4.69, 9.17) is 4.84 Å². The third kappa shape index (κ3) is 4.07. The molecular formula is C12H23NO2S. The molecular weight excluding hydrogens is 222 g/mol.